The summed E-state index contributed by atoms with van der Waals surface area (Å²) in [5, 5.41) is 8.03. The minimum Gasteiger partial charge on any atom is -0.314 e. The van der Waals surface area contributed by atoms with Crippen molar-refractivity contribution in [1.29, 1.82) is 0 Å². The van der Waals surface area contributed by atoms with Gasteiger partial charge in [-0.2, -0.15) is 11.3 Å². The quantitative estimate of drug-likeness (QED) is 0.786. The van der Waals surface area contributed by atoms with Gasteiger partial charge < -0.3 is 5.32 Å². The van der Waals surface area contributed by atoms with Crippen LogP contribution in [0.2, 0.25) is 0 Å². The highest BCUT2D eigenvalue weighted by Crippen LogP contribution is 2.29. The Balaban J connectivity index is 1.62. The number of rotatable bonds is 5. The minimum atomic E-state index is 0.724. The van der Waals surface area contributed by atoms with Gasteiger partial charge >= 0.3 is 0 Å². The smallest absolute Gasteiger partial charge is 0.00671 e. The van der Waals surface area contributed by atoms with Crippen molar-refractivity contribution in [2.24, 2.45) is 5.92 Å². The van der Waals surface area contributed by atoms with E-state index in [1.165, 1.54) is 31.2 Å². The molecule has 1 fully saturated rings. The van der Waals surface area contributed by atoms with Gasteiger partial charge in [-0.05, 0) is 61.0 Å². The second kappa shape index (κ2) is 4.94. The van der Waals surface area contributed by atoms with Crippen LogP contribution < -0.4 is 5.32 Å². The van der Waals surface area contributed by atoms with E-state index in [0.29, 0.717) is 0 Å². The molecule has 1 aliphatic carbocycles. The van der Waals surface area contributed by atoms with Crippen molar-refractivity contribution in [3.8, 4) is 0 Å². The summed E-state index contributed by atoms with van der Waals surface area (Å²) in [6, 6.07) is 2.95. The van der Waals surface area contributed by atoms with Gasteiger partial charge in [-0.1, -0.05) is 6.42 Å². The Morgan fingerprint density at radius 1 is 1.57 bits per heavy atom. The van der Waals surface area contributed by atoms with Crippen LogP contribution in [0.3, 0.4) is 0 Å². The third-order valence-corrected chi connectivity index (χ3v) is 4.05. The maximum absolute atomic E-state index is 3.63. The summed E-state index contributed by atoms with van der Waals surface area (Å²) in [7, 11) is 0. The van der Waals surface area contributed by atoms with Crippen LogP contribution in [0, 0.1) is 5.92 Å². The molecule has 2 rings (SSSR count). The molecule has 14 heavy (non-hydrogen) atoms. The molecular weight excluding hydrogens is 190 g/mol. The summed E-state index contributed by atoms with van der Waals surface area (Å²) in [6.07, 6.45) is 5.50. The second-order valence-electron chi connectivity index (χ2n) is 4.32. The lowest BCUT2D eigenvalue weighted by Crippen LogP contribution is -2.37. The number of hydrogen-bond acceptors (Lipinski definition) is 2. The first kappa shape index (κ1) is 10.2. The SMILES string of the molecule is CC(NCCc1ccsc1)C1CCC1. The highest BCUT2D eigenvalue weighted by Gasteiger charge is 2.22. The van der Waals surface area contributed by atoms with Crippen LogP contribution in [0.1, 0.15) is 31.7 Å². The lowest BCUT2D eigenvalue weighted by Gasteiger charge is -2.32. The van der Waals surface area contributed by atoms with Crippen molar-refractivity contribution in [3.63, 3.8) is 0 Å². The Labute approximate surface area is 90.5 Å². The van der Waals surface area contributed by atoms with Crippen molar-refractivity contribution in [2.75, 3.05) is 6.54 Å². The van der Waals surface area contributed by atoms with Crippen LogP contribution in [0.4, 0.5) is 0 Å². The number of nitrogens with one attached hydrogen (secondary N) is 1. The summed E-state index contributed by atoms with van der Waals surface area (Å²) in [5.74, 6) is 0.956. The zero-order chi connectivity index (χ0) is 9.80. The van der Waals surface area contributed by atoms with Crippen molar-refractivity contribution < 1.29 is 0 Å². The van der Waals surface area contributed by atoms with Crippen molar-refractivity contribution in [1.82, 2.24) is 5.32 Å². The second-order valence-corrected chi connectivity index (χ2v) is 5.10. The molecule has 1 aromatic heterocycles. The Morgan fingerprint density at radius 2 is 2.43 bits per heavy atom. The zero-order valence-corrected chi connectivity index (χ0v) is 9.65. The molecule has 2 heteroatoms. The summed E-state index contributed by atoms with van der Waals surface area (Å²) >= 11 is 1.79. The lowest BCUT2D eigenvalue weighted by atomic mass is 9.80. The molecular formula is C12H19NS. The lowest BCUT2D eigenvalue weighted by molar-refractivity contribution is 0.242. The van der Waals surface area contributed by atoms with E-state index in [2.05, 4.69) is 29.1 Å². The highest BCUT2D eigenvalue weighted by atomic mass is 32.1. The van der Waals surface area contributed by atoms with Crippen LogP contribution in [-0.2, 0) is 6.42 Å². The number of thiophene rings is 1. The first-order chi connectivity index (χ1) is 6.86. The molecule has 1 saturated carbocycles. The molecule has 0 radical (unpaired) electrons. The third-order valence-electron chi connectivity index (χ3n) is 3.32. The summed E-state index contributed by atoms with van der Waals surface area (Å²) in [4.78, 5) is 0. The van der Waals surface area contributed by atoms with Gasteiger partial charge in [0.05, 0.1) is 0 Å². The molecule has 0 aromatic carbocycles. The zero-order valence-electron chi connectivity index (χ0n) is 8.83. The molecule has 1 unspecified atom stereocenters. The Bertz CT molecular complexity index is 251. The summed E-state index contributed by atoms with van der Waals surface area (Å²) in [5.41, 5.74) is 1.48. The minimum absolute atomic E-state index is 0.724. The summed E-state index contributed by atoms with van der Waals surface area (Å²) in [6.45, 7) is 3.46. The summed E-state index contributed by atoms with van der Waals surface area (Å²) < 4.78 is 0. The van der Waals surface area contributed by atoms with Crippen molar-refractivity contribution in [3.05, 3.63) is 22.4 Å². The van der Waals surface area contributed by atoms with Crippen molar-refractivity contribution >= 4 is 11.3 Å². The fourth-order valence-electron chi connectivity index (χ4n) is 1.99. The predicted molar refractivity (Wildman–Crippen MR) is 62.8 cm³/mol. The predicted octanol–water partition coefficient (Wildman–Crippen LogP) is 3.07. The molecule has 1 N–H and O–H groups in total. The number of hydrogen-bond donors (Lipinski definition) is 1. The molecule has 1 aromatic rings. The fraction of sp³-hybridized carbons (Fsp3) is 0.667. The molecule has 0 amide bonds. The van der Waals surface area contributed by atoms with E-state index in [1.54, 1.807) is 11.3 Å². The largest absolute Gasteiger partial charge is 0.314 e. The average molecular weight is 209 g/mol. The van der Waals surface area contributed by atoms with Gasteiger partial charge in [0.25, 0.3) is 0 Å². The molecule has 1 aliphatic rings. The van der Waals surface area contributed by atoms with Crippen LogP contribution in [0.5, 0.6) is 0 Å². The van der Waals surface area contributed by atoms with E-state index < -0.39 is 0 Å². The Kier molecular flexibility index (Phi) is 3.60. The van der Waals surface area contributed by atoms with E-state index >= 15 is 0 Å². The Hall–Kier alpha value is -0.340. The van der Waals surface area contributed by atoms with Gasteiger partial charge in [0.15, 0.2) is 0 Å². The first-order valence-corrected chi connectivity index (χ1v) is 6.55. The molecule has 0 bridgehead atoms. The van der Waals surface area contributed by atoms with Gasteiger partial charge in [-0.15, -0.1) is 0 Å². The molecule has 1 atom stereocenters. The monoisotopic (exact) mass is 209 g/mol. The molecule has 0 spiro atoms. The maximum atomic E-state index is 3.63. The standard InChI is InChI=1S/C12H19NS/c1-10(12-3-2-4-12)13-7-5-11-6-8-14-9-11/h6,8-10,12-13H,2-5,7H2,1H3. The molecule has 0 saturated heterocycles. The van der Waals surface area contributed by atoms with E-state index in [-0.39, 0.29) is 0 Å². The molecule has 1 nitrogen and oxygen atoms in total. The fourth-order valence-corrected chi connectivity index (χ4v) is 2.69. The third kappa shape index (κ3) is 2.58. The Morgan fingerprint density at radius 3 is 3.00 bits per heavy atom. The van der Waals surface area contributed by atoms with Gasteiger partial charge in [0.1, 0.15) is 0 Å². The maximum Gasteiger partial charge on any atom is 0.00671 e. The van der Waals surface area contributed by atoms with Gasteiger partial charge in [0.2, 0.25) is 0 Å². The van der Waals surface area contributed by atoms with E-state index in [4.69, 9.17) is 0 Å². The van der Waals surface area contributed by atoms with Gasteiger partial charge in [-0.3, -0.25) is 0 Å². The van der Waals surface area contributed by atoms with Crippen LogP contribution in [0.15, 0.2) is 16.8 Å². The average Bonchev–Trinajstić information content (AvgIpc) is 2.53. The first-order valence-electron chi connectivity index (χ1n) is 5.61. The van der Waals surface area contributed by atoms with Crippen LogP contribution in [-0.4, -0.2) is 12.6 Å². The van der Waals surface area contributed by atoms with Crippen LogP contribution >= 0.6 is 11.3 Å². The molecule has 1 heterocycles. The van der Waals surface area contributed by atoms with Gasteiger partial charge in [-0.25, -0.2) is 0 Å². The molecule has 78 valence electrons. The van der Waals surface area contributed by atoms with E-state index in [1.807, 2.05) is 0 Å². The topological polar surface area (TPSA) is 12.0 Å². The van der Waals surface area contributed by atoms with E-state index in [0.717, 1.165) is 18.5 Å². The van der Waals surface area contributed by atoms with Crippen molar-refractivity contribution in [2.45, 2.75) is 38.6 Å². The van der Waals surface area contributed by atoms with E-state index in [9.17, 15) is 0 Å². The normalized spacial score (nSPS) is 19.2. The van der Waals surface area contributed by atoms with Gasteiger partial charge in [0, 0.05) is 6.04 Å². The highest BCUT2D eigenvalue weighted by molar-refractivity contribution is 7.07. The molecule has 0 aliphatic heterocycles. The van der Waals surface area contributed by atoms with Crippen LogP contribution in [0.25, 0.3) is 0 Å².